The van der Waals surface area contributed by atoms with Gasteiger partial charge in [-0.3, -0.25) is 0 Å². The third-order valence-electron chi connectivity index (χ3n) is 3.54. The fourth-order valence-corrected chi connectivity index (χ4v) is 2.24. The molecule has 1 heterocycles. The molecule has 3 heteroatoms. The molecule has 0 unspecified atom stereocenters. The van der Waals surface area contributed by atoms with Crippen LogP contribution in [0.5, 0.6) is 0 Å². The van der Waals surface area contributed by atoms with Crippen molar-refractivity contribution in [3.63, 3.8) is 0 Å². The van der Waals surface area contributed by atoms with E-state index in [0.29, 0.717) is 5.41 Å². The van der Waals surface area contributed by atoms with Crippen molar-refractivity contribution in [1.29, 1.82) is 0 Å². The number of ether oxygens (including phenoxy) is 1. The van der Waals surface area contributed by atoms with Crippen molar-refractivity contribution in [1.82, 2.24) is 10.2 Å². The topological polar surface area (TPSA) is 24.5 Å². The quantitative estimate of drug-likeness (QED) is 0.786. The summed E-state index contributed by atoms with van der Waals surface area (Å²) in [6.45, 7) is 13.3. The van der Waals surface area contributed by atoms with E-state index >= 15 is 0 Å². The molecule has 1 aliphatic heterocycles. The number of hydrogen-bond acceptors (Lipinski definition) is 3. The molecule has 0 spiro atoms. The number of nitrogens with zero attached hydrogens (tertiary/aromatic N) is 1. The Morgan fingerprint density at radius 3 is 2.31 bits per heavy atom. The predicted octanol–water partition coefficient (Wildman–Crippen LogP) is 1.49. The Labute approximate surface area is 99.5 Å². The fourth-order valence-electron chi connectivity index (χ4n) is 2.24. The molecule has 1 aliphatic carbocycles. The Balaban J connectivity index is 1.75. The lowest BCUT2D eigenvalue weighted by Crippen LogP contribution is -2.46. The summed E-state index contributed by atoms with van der Waals surface area (Å²) in [5.74, 6) is 0. The average Bonchev–Trinajstić information content (AvgIpc) is 2.96. The van der Waals surface area contributed by atoms with Gasteiger partial charge in [0.15, 0.2) is 0 Å². The molecular weight excluding hydrogens is 200 g/mol. The molecule has 0 atom stereocenters. The predicted molar refractivity (Wildman–Crippen MR) is 66.7 cm³/mol. The van der Waals surface area contributed by atoms with Crippen LogP contribution in [-0.2, 0) is 4.74 Å². The van der Waals surface area contributed by atoms with Crippen molar-refractivity contribution in [2.45, 2.75) is 39.2 Å². The molecule has 0 amide bonds. The van der Waals surface area contributed by atoms with E-state index in [0.717, 1.165) is 19.7 Å². The molecule has 0 aromatic carbocycles. The minimum absolute atomic E-state index is 0.0129. The molecule has 94 valence electrons. The van der Waals surface area contributed by atoms with Crippen LogP contribution in [0.1, 0.15) is 33.6 Å². The highest BCUT2D eigenvalue weighted by Crippen LogP contribution is 2.47. The van der Waals surface area contributed by atoms with Gasteiger partial charge in [0, 0.05) is 38.1 Å². The van der Waals surface area contributed by atoms with Crippen molar-refractivity contribution >= 4 is 0 Å². The Morgan fingerprint density at radius 2 is 1.81 bits per heavy atom. The van der Waals surface area contributed by atoms with Crippen LogP contribution >= 0.6 is 0 Å². The van der Waals surface area contributed by atoms with Crippen molar-refractivity contribution in [3.05, 3.63) is 0 Å². The normalized spacial score (nSPS) is 25.7. The molecule has 2 aliphatic rings. The van der Waals surface area contributed by atoms with Crippen molar-refractivity contribution in [3.8, 4) is 0 Å². The van der Waals surface area contributed by atoms with E-state index in [-0.39, 0.29) is 5.60 Å². The van der Waals surface area contributed by atoms with E-state index in [4.69, 9.17) is 4.74 Å². The van der Waals surface area contributed by atoms with Crippen LogP contribution < -0.4 is 5.32 Å². The summed E-state index contributed by atoms with van der Waals surface area (Å²) < 4.78 is 5.96. The summed E-state index contributed by atoms with van der Waals surface area (Å²) in [7, 11) is 0. The fraction of sp³-hybridized carbons (Fsp3) is 1.00. The second kappa shape index (κ2) is 4.63. The van der Waals surface area contributed by atoms with Crippen molar-refractivity contribution in [2.24, 2.45) is 5.41 Å². The molecule has 0 aromatic heterocycles. The van der Waals surface area contributed by atoms with Gasteiger partial charge in [-0.1, -0.05) is 0 Å². The lowest BCUT2D eigenvalue weighted by molar-refractivity contribution is -0.0344. The highest BCUT2D eigenvalue weighted by Gasteiger charge is 2.44. The van der Waals surface area contributed by atoms with Crippen LogP contribution in [0.4, 0.5) is 0 Å². The molecule has 1 N–H and O–H groups in total. The third-order valence-corrected chi connectivity index (χ3v) is 3.54. The van der Waals surface area contributed by atoms with Crippen LogP contribution in [0.15, 0.2) is 0 Å². The third kappa shape index (κ3) is 3.72. The number of rotatable bonds is 4. The van der Waals surface area contributed by atoms with Gasteiger partial charge in [0.1, 0.15) is 0 Å². The van der Waals surface area contributed by atoms with Gasteiger partial charge in [-0.2, -0.15) is 0 Å². The van der Waals surface area contributed by atoms with Gasteiger partial charge in [-0.05, 0) is 33.6 Å². The zero-order chi connectivity index (χ0) is 11.6. The van der Waals surface area contributed by atoms with Crippen LogP contribution in [-0.4, -0.2) is 49.8 Å². The van der Waals surface area contributed by atoms with Gasteiger partial charge >= 0.3 is 0 Å². The SMILES string of the molecule is CC(C)(C)OCC1(CN2CCNCC2)CC1. The molecule has 3 nitrogen and oxygen atoms in total. The van der Waals surface area contributed by atoms with E-state index in [9.17, 15) is 0 Å². The lowest BCUT2D eigenvalue weighted by Gasteiger charge is -2.32. The lowest BCUT2D eigenvalue weighted by atomic mass is 10.1. The van der Waals surface area contributed by atoms with Crippen molar-refractivity contribution in [2.75, 3.05) is 39.3 Å². The molecule has 2 fully saturated rings. The first kappa shape index (κ1) is 12.3. The molecule has 0 bridgehead atoms. The second-order valence-electron chi connectivity index (χ2n) is 6.43. The van der Waals surface area contributed by atoms with E-state index in [2.05, 4.69) is 31.0 Å². The molecular formula is C13H26N2O. The van der Waals surface area contributed by atoms with Gasteiger partial charge in [0.25, 0.3) is 0 Å². The maximum atomic E-state index is 5.96. The first-order valence-electron chi connectivity index (χ1n) is 6.56. The van der Waals surface area contributed by atoms with Gasteiger partial charge in [-0.15, -0.1) is 0 Å². The van der Waals surface area contributed by atoms with Crippen LogP contribution in [0, 0.1) is 5.41 Å². The van der Waals surface area contributed by atoms with E-state index in [1.165, 1.54) is 32.5 Å². The zero-order valence-electron chi connectivity index (χ0n) is 11.0. The standard InChI is InChI=1S/C13H26N2O/c1-12(2,3)16-11-13(4-5-13)10-15-8-6-14-7-9-15/h14H,4-11H2,1-3H3. The maximum Gasteiger partial charge on any atom is 0.0598 e. The minimum atomic E-state index is 0.0129. The van der Waals surface area contributed by atoms with Crippen LogP contribution in [0.3, 0.4) is 0 Å². The summed E-state index contributed by atoms with van der Waals surface area (Å²) in [6.07, 6.45) is 2.71. The second-order valence-corrected chi connectivity index (χ2v) is 6.43. The molecule has 2 rings (SSSR count). The van der Waals surface area contributed by atoms with Crippen molar-refractivity contribution < 1.29 is 4.74 Å². The van der Waals surface area contributed by atoms with Crippen LogP contribution in [0.25, 0.3) is 0 Å². The minimum Gasteiger partial charge on any atom is -0.375 e. The zero-order valence-corrected chi connectivity index (χ0v) is 11.0. The first-order chi connectivity index (χ1) is 7.49. The van der Waals surface area contributed by atoms with Gasteiger partial charge in [0.05, 0.1) is 12.2 Å². The van der Waals surface area contributed by atoms with E-state index < -0.39 is 0 Å². The highest BCUT2D eigenvalue weighted by atomic mass is 16.5. The molecule has 0 radical (unpaired) electrons. The average molecular weight is 226 g/mol. The molecule has 1 saturated heterocycles. The summed E-state index contributed by atoms with van der Waals surface area (Å²) >= 11 is 0. The highest BCUT2D eigenvalue weighted by molar-refractivity contribution is 4.96. The Bertz CT molecular complexity index is 225. The van der Waals surface area contributed by atoms with Gasteiger partial charge < -0.3 is 15.0 Å². The smallest absolute Gasteiger partial charge is 0.0598 e. The Morgan fingerprint density at radius 1 is 1.19 bits per heavy atom. The molecule has 0 aromatic rings. The largest absolute Gasteiger partial charge is 0.375 e. The first-order valence-corrected chi connectivity index (χ1v) is 6.56. The molecule has 1 saturated carbocycles. The Hall–Kier alpha value is -0.120. The van der Waals surface area contributed by atoms with E-state index in [1.807, 2.05) is 0 Å². The summed E-state index contributed by atoms with van der Waals surface area (Å²) in [6, 6.07) is 0. The van der Waals surface area contributed by atoms with E-state index in [1.54, 1.807) is 0 Å². The van der Waals surface area contributed by atoms with Gasteiger partial charge in [-0.25, -0.2) is 0 Å². The molecule has 16 heavy (non-hydrogen) atoms. The number of piperazine rings is 1. The number of hydrogen-bond donors (Lipinski definition) is 1. The summed E-state index contributed by atoms with van der Waals surface area (Å²) in [5, 5.41) is 3.40. The summed E-state index contributed by atoms with van der Waals surface area (Å²) in [5.41, 5.74) is 0.504. The van der Waals surface area contributed by atoms with Gasteiger partial charge in [0.2, 0.25) is 0 Å². The Kier molecular flexibility index (Phi) is 3.57. The number of nitrogens with one attached hydrogen (secondary N) is 1. The monoisotopic (exact) mass is 226 g/mol. The summed E-state index contributed by atoms with van der Waals surface area (Å²) in [4.78, 5) is 2.59. The van der Waals surface area contributed by atoms with Crippen LogP contribution in [0.2, 0.25) is 0 Å². The maximum absolute atomic E-state index is 5.96.